The lowest BCUT2D eigenvalue weighted by Crippen LogP contribution is -1.97. The van der Waals surface area contributed by atoms with Crippen LogP contribution in [-0.4, -0.2) is 30.3 Å². The average molecular weight is 279 g/mol. The number of nitrogens with two attached hydrogens (primary N) is 1. The molecule has 1 heterocycles. The largest absolute Gasteiger partial charge is 0.493 e. The molecular weight excluding hydrogens is 262 g/mol. The Bertz CT molecular complexity index is 551. The van der Waals surface area contributed by atoms with Crippen LogP contribution in [0.1, 0.15) is 0 Å². The summed E-state index contributed by atoms with van der Waals surface area (Å²) in [6.07, 6.45) is 1.99. The summed E-state index contributed by atoms with van der Waals surface area (Å²) in [5.41, 5.74) is 7.58. The third-order valence-corrected chi connectivity index (χ3v) is 3.62. The topological polar surface area (TPSA) is 62.3 Å². The van der Waals surface area contributed by atoms with Gasteiger partial charge in [-0.2, -0.15) is 5.10 Å². The highest BCUT2D eigenvalue weighted by atomic mass is 32.2. The maximum Gasteiger partial charge on any atom is 0.174 e. The fourth-order valence-corrected chi connectivity index (χ4v) is 2.47. The molecule has 2 N–H and O–H groups in total. The van der Waals surface area contributed by atoms with E-state index in [9.17, 15) is 0 Å². The van der Waals surface area contributed by atoms with Gasteiger partial charge in [0.05, 0.1) is 24.8 Å². The van der Waals surface area contributed by atoms with Crippen molar-refractivity contribution in [1.29, 1.82) is 0 Å². The monoisotopic (exact) mass is 279 g/mol. The Hall–Kier alpha value is -1.82. The predicted molar refractivity (Wildman–Crippen MR) is 77.9 cm³/mol. The molecule has 2 rings (SSSR count). The molecular formula is C13H17N3O2S. The van der Waals surface area contributed by atoms with Gasteiger partial charge in [-0.15, -0.1) is 11.8 Å². The molecule has 0 saturated heterocycles. The molecule has 6 heteroatoms. The second kappa shape index (κ2) is 5.44. The zero-order chi connectivity index (χ0) is 14.0. The van der Waals surface area contributed by atoms with Crippen LogP contribution in [0.25, 0.3) is 11.3 Å². The van der Waals surface area contributed by atoms with Gasteiger partial charge in [-0.05, 0) is 18.4 Å². The molecule has 1 aromatic heterocycles. The summed E-state index contributed by atoms with van der Waals surface area (Å²) in [6.45, 7) is 0. The second-order valence-electron chi connectivity index (χ2n) is 3.99. The number of hydrogen-bond acceptors (Lipinski definition) is 5. The Balaban J connectivity index is 2.58. The lowest BCUT2D eigenvalue weighted by atomic mass is 10.1. The lowest BCUT2D eigenvalue weighted by Gasteiger charge is -2.12. The fraction of sp³-hybridized carbons (Fsp3) is 0.308. The number of nitrogens with zero attached hydrogens (tertiary/aromatic N) is 2. The normalized spacial score (nSPS) is 10.5. The first-order valence-electron chi connectivity index (χ1n) is 5.70. The van der Waals surface area contributed by atoms with Gasteiger partial charge < -0.3 is 15.2 Å². The van der Waals surface area contributed by atoms with Gasteiger partial charge in [0.25, 0.3) is 0 Å². The summed E-state index contributed by atoms with van der Waals surface area (Å²) in [4.78, 5) is 1.00. The number of aryl methyl sites for hydroxylation is 1. The number of aromatic nitrogens is 2. The Labute approximate surface area is 116 Å². The van der Waals surface area contributed by atoms with Crippen molar-refractivity contribution in [1.82, 2.24) is 9.78 Å². The van der Waals surface area contributed by atoms with E-state index in [4.69, 9.17) is 15.2 Å². The number of benzene rings is 1. The van der Waals surface area contributed by atoms with Crippen LogP contribution in [0.2, 0.25) is 0 Å². The van der Waals surface area contributed by atoms with E-state index in [1.54, 1.807) is 30.7 Å². The van der Waals surface area contributed by atoms with E-state index in [-0.39, 0.29) is 0 Å². The molecule has 0 amide bonds. The molecule has 0 unspecified atom stereocenters. The zero-order valence-electron chi connectivity index (χ0n) is 11.4. The van der Waals surface area contributed by atoms with Gasteiger partial charge in [0.1, 0.15) is 5.82 Å². The first-order valence-corrected chi connectivity index (χ1v) is 6.93. The molecule has 0 atom stereocenters. The fourth-order valence-electron chi connectivity index (χ4n) is 1.85. The summed E-state index contributed by atoms with van der Waals surface area (Å²) in [6, 6.07) is 5.76. The van der Waals surface area contributed by atoms with Crippen molar-refractivity contribution in [3.05, 3.63) is 18.2 Å². The van der Waals surface area contributed by atoms with E-state index in [1.807, 2.05) is 31.5 Å². The van der Waals surface area contributed by atoms with Gasteiger partial charge in [-0.25, -0.2) is 0 Å². The van der Waals surface area contributed by atoms with Crippen molar-refractivity contribution in [3.63, 3.8) is 0 Å². The Kier molecular flexibility index (Phi) is 3.90. The highest BCUT2D eigenvalue weighted by Crippen LogP contribution is 2.40. The Morgan fingerprint density at radius 3 is 2.42 bits per heavy atom. The standard InChI is InChI=1S/C13H17N3O2S/c1-16-12(14)7-9(15-16)8-5-10(17-2)13(18-3)11(6-8)19-4/h5-7H,14H2,1-4H3. The third-order valence-electron chi connectivity index (χ3n) is 2.88. The molecule has 0 radical (unpaired) electrons. The number of ether oxygens (including phenoxy) is 2. The zero-order valence-corrected chi connectivity index (χ0v) is 12.2. The van der Waals surface area contributed by atoms with Crippen molar-refractivity contribution in [2.45, 2.75) is 4.90 Å². The molecule has 5 nitrogen and oxygen atoms in total. The van der Waals surface area contributed by atoms with E-state index in [0.717, 1.165) is 21.9 Å². The molecule has 0 fully saturated rings. The van der Waals surface area contributed by atoms with Crippen molar-refractivity contribution in [3.8, 4) is 22.8 Å². The van der Waals surface area contributed by atoms with Crippen molar-refractivity contribution in [2.75, 3.05) is 26.2 Å². The van der Waals surface area contributed by atoms with Gasteiger partial charge >= 0.3 is 0 Å². The maximum absolute atomic E-state index is 5.81. The van der Waals surface area contributed by atoms with Gasteiger partial charge in [-0.1, -0.05) is 0 Å². The predicted octanol–water partition coefficient (Wildman–Crippen LogP) is 2.41. The smallest absolute Gasteiger partial charge is 0.174 e. The van der Waals surface area contributed by atoms with Crippen LogP contribution >= 0.6 is 11.8 Å². The van der Waals surface area contributed by atoms with Crippen LogP contribution in [0.5, 0.6) is 11.5 Å². The molecule has 0 aliphatic carbocycles. The Morgan fingerprint density at radius 1 is 1.21 bits per heavy atom. The Morgan fingerprint density at radius 2 is 1.95 bits per heavy atom. The molecule has 0 aliphatic heterocycles. The highest BCUT2D eigenvalue weighted by Gasteiger charge is 2.14. The number of rotatable bonds is 4. The summed E-state index contributed by atoms with van der Waals surface area (Å²) in [5.74, 6) is 2.05. The van der Waals surface area contributed by atoms with Crippen molar-refractivity contribution in [2.24, 2.45) is 7.05 Å². The molecule has 1 aromatic carbocycles. The first kappa shape index (κ1) is 13.6. The summed E-state index contributed by atoms with van der Waals surface area (Å²) >= 11 is 1.60. The summed E-state index contributed by atoms with van der Waals surface area (Å²) in [5, 5.41) is 4.37. The van der Waals surface area contributed by atoms with Crippen LogP contribution in [0, 0.1) is 0 Å². The quantitative estimate of drug-likeness (QED) is 0.871. The average Bonchev–Trinajstić information content (AvgIpc) is 2.76. The maximum atomic E-state index is 5.81. The van der Waals surface area contributed by atoms with Crippen molar-refractivity contribution >= 4 is 17.6 Å². The molecule has 0 aliphatic rings. The number of hydrogen-bond donors (Lipinski definition) is 1. The van der Waals surface area contributed by atoms with Gasteiger partial charge in [0, 0.05) is 18.7 Å². The SMILES string of the molecule is COc1cc(-c2cc(N)n(C)n2)cc(SC)c1OC. The van der Waals surface area contributed by atoms with Crippen LogP contribution in [0.15, 0.2) is 23.1 Å². The number of anilines is 1. The minimum Gasteiger partial charge on any atom is -0.493 e. The lowest BCUT2D eigenvalue weighted by molar-refractivity contribution is 0.348. The van der Waals surface area contributed by atoms with Crippen molar-refractivity contribution < 1.29 is 9.47 Å². The third kappa shape index (κ3) is 2.49. The van der Waals surface area contributed by atoms with Gasteiger partial charge in [-0.3, -0.25) is 4.68 Å². The van der Waals surface area contributed by atoms with E-state index in [1.165, 1.54) is 0 Å². The molecule has 2 aromatic rings. The van der Waals surface area contributed by atoms with Crippen LogP contribution in [0.3, 0.4) is 0 Å². The van der Waals surface area contributed by atoms with Crippen LogP contribution < -0.4 is 15.2 Å². The molecule has 19 heavy (non-hydrogen) atoms. The number of thioether (sulfide) groups is 1. The highest BCUT2D eigenvalue weighted by molar-refractivity contribution is 7.98. The van der Waals surface area contributed by atoms with Crippen LogP contribution in [0.4, 0.5) is 5.82 Å². The van der Waals surface area contributed by atoms with Crippen LogP contribution in [-0.2, 0) is 7.05 Å². The molecule has 0 spiro atoms. The number of nitrogen functional groups attached to an aromatic ring is 1. The second-order valence-corrected chi connectivity index (χ2v) is 4.84. The number of methoxy groups -OCH3 is 2. The molecule has 0 bridgehead atoms. The molecule has 0 saturated carbocycles. The van der Waals surface area contributed by atoms with E-state index < -0.39 is 0 Å². The summed E-state index contributed by atoms with van der Waals surface area (Å²) in [7, 11) is 5.07. The minimum atomic E-state index is 0.621. The molecule has 102 valence electrons. The summed E-state index contributed by atoms with van der Waals surface area (Å²) < 4.78 is 12.4. The van der Waals surface area contributed by atoms with Gasteiger partial charge in [0.2, 0.25) is 0 Å². The van der Waals surface area contributed by atoms with E-state index in [2.05, 4.69) is 5.10 Å². The minimum absolute atomic E-state index is 0.621. The first-order chi connectivity index (χ1) is 9.10. The van der Waals surface area contributed by atoms with E-state index >= 15 is 0 Å². The van der Waals surface area contributed by atoms with Gasteiger partial charge in [0.15, 0.2) is 11.5 Å². The van der Waals surface area contributed by atoms with E-state index in [0.29, 0.717) is 11.6 Å².